The number of benzene rings is 1. The van der Waals surface area contributed by atoms with E-state index in [1.165, 1.54) is 0 Å². The number of nitrogens with zero attached hydrogens (tertiary/aromatic N) is 3. The van der Waals surface area contributed by atoms with Crippen molar-refractivity contribution in [2.75, 3.05) is 73.6 Å². The Balaban J connectivity index is 1.59. The summed E-state index contributed by atoms with van der Waals surface area (Å²) in [6, 6.07) is 7.40. The predicted molar refractivity (Wildman–Crippen MR) is 98.5 cm³/mol. The Hall–Kier alpha value is -1.99. The van der Waals surface area contributed by atoms with Crippen LogP contribution in [0.25, 0.3) is 0 Å². The first-order valence-corrected chi connectivity index (χ1v) is 8.75. The van der Waals surface area contributed by atoms with E-state index in [4.69, 9.17) is 9.47 Å². The minimum Gasteiger partial charge on any atom is -0.497 e. The number of piperazine rings is 1. The van der Waals surface area contributed by atoms with Gasteiger partial charge in [-0.05, 0) is 38.4 Å². The standard InChI is InChI=1S/C18H30N4O3/c1-20(2)9-10-21-11-13-22(14-12-21)18(23)19-8-15-25-17-6-4-16(24-3)5-7-17/h4-7H,8-15H2,1-3H3,(H,19,23). The minimum absolute atomic E-state index is 0.00871. The lowest BCUT2D eigenvalue weighted by Crippen LogP contribution is -2.53. The Morgan fingerprint density at radius 3 is 2.36 bits per heavy atom. The molecule has 0 spiro atoms. The second-order valence-electron chi connectivity index (χ2n) is 6.39. The first-order chi connectivity index (χ1) is 12.1. The summed E-state index contributed by atoms with van der Waals surface area (Å²) in [5.74, 6) is 1.56. The van der Waals surface area contributed by atoms with Crippen molar-refractivity contribution in [1.29, 1.82) is 0 Å². The molecule has 2 amide bonds. The topological polar surface area (TPSA) is 57.3 Å². The highest BCUT2D eigenvalue weighted by Crippen LogP contribution is 2.16. The van der Waals surface area contributed by atoms with Crippen molar-refractivity contribution in [3.05, 3.63) is 24.3 Å². The molecule has 0 unspecified atom stereocenters. The van der Waals surface area contributed by atoms with Crippen LogP contribution in [0.1, 0.15) is 0 Å². The fourth-order valence-corrected chi connectivity index (χ4v) is 2.63. The van der Waals surface area contributed by atoms with Crippen LogP contribution >= 0.6 is 0 Å². The van der Waals surface area contributed by atoms with Crippen LogP contribution in [0.2, 0.25) is 0 Å². The molecule has 0 radical (unpaired) electrons. The number of ether oxygens (including phenoxy) is 2. The van der Waals surface area contributed by atoms with Crippen LogP contribution < -0.4 is 14.8 Å². The smallest absolute Gasteiger partial charge is 0.317 e. The second kappa shape index (κ2) is 10.1. The molecule has 1 saturated heterocycles. The van der Waals surface area contributed by atoms with Crippen LogP contribution in [-0.4, -0.2) is 94.4 Å². The summed E-state index contributed by atoms with van der Waals surface area (Å²) in [7, 11) is 5.79. The third-order valence-electron chi connectivity index (χ3n) is 4.23. The van der Waals surface area contributed by atoms with Gasteiger partial charge in [0.25, 0.3) is 0 Å². The van der Waals surface area contributed by atoms with E-state index in [9.17, 15) is 4.79 Å². The number of likely N-dealkylation sites (N-methyl/N-ethyl adjacent to an activating group) is 1. The lowest BCUT2D eigenvalue weighted by Gasteiger charge is -2.35. The Labute approximate surface area is 150 Å². The summed E-state index contributed by atoms with van der Waals surface area (Å²) >= 11 is 0. The fourth-order valence-electron chi connectivity index (χ4n) is 2.63. The first kappa shape index (κ1) is 19.3. The molecule has 0 saturated carbocycles. The van der Waals surface area contributed by atoms with Crippen molar-refractivity contribution in [3.8, 4) is 11.5 Å². The van der Waals surface area contributed by atoms with Crippen molar-refractivity contribution >= 4 is 6.03 Å². The molecule has 0 atom stereocenters. The molecule has 1 fully saturated rings. The van der Waals surface area contributed by atoms with Crippen LogP contribution in [0, 0.1) is 0 Å². The molecule has 1 aromatic carbocycles. The van der Waals surface area contributed by atoms with Crippen LogP contribution in [0.3, 0.4) is 0 Å². The molecule has 1 N–H and O–H groups in total. The third-order valence-corrected chi connectivity index (χ3v) is 4.23. The van der Waals surface area contributed by atoms with Gasteiger partial charge < -0.3 is 24.6 Å². The van der Waals surface area contributed by atoms with Gasteiger partial charge in [0.15, 0.2) is 0 Å². The SMILES string of the molecule is COc1ccc(OCCNC(=O)N2CCN(CCN(C)C)CC2)cc1. The number of methoxy groups -OCH3 is 1. The van der Waals surface area contributed by atoms with Gasteiger partial charge in [0.2, 0.25) is 0 Å². The zero-order valence-corrected chi connectivity index (χ0v) is 15.5. The average molecular weight is 350 g/mol. The van der Waals surface area contributed by atoms with E-state index in [2.05, 4.69) is 29.2 Å². The summed E-state index contributed by atoms with van der Waals surface area (Å²) in [5, 5.41) is 2.92. The highest BCUT2D eigenvalue weighted by Gasteiger charge is 2.20. The lowest BCUT2D eigenvalue weighted by molar-refractivity contribution is 0.132. The zero-order valence-electron chi connectivity index (χ0n) is 15.5. The Morgan fingerprint density at radius 1 is 1.12 bits per heavy atom. The van der Waals surface area contributed by atoms with E-state index in [0.717, 1.165) is 50.8 Å². The molecule has 25 heavy (non-hydrogen) atoms. The number of urea groups is 1. The van der Waals surface area contributed by atoms with Gasteiger partial charge in [-0.15, -0.1) is 0 Å². The summed E-state index contributed by atoms with van der Waals surface area (Å²) < 4.78 is 10.7. The van der Waals surface area contributed by atoms with E-state index >= 15 is 0 Å². The molecule has 0 aromatic heterocycles. The Morgan fingerprint density at radius 2 is 1.76 bits per heavy atom. The number of carbonyl (C=O) groups excluding carboxylic acids is 1. The van der Waals surface area contributed by atoms with Gasteiger partial charge >= 0.3 is 6.03 Å². The van der Waals surface area contributed by atoms with Crippen molar-refractivity contribution < 1.29 is 14.3 Å². The Kier molecular flexibility index (Phi) is 7.81. The summed E-state index contributed by atoms with van der Waals surface area (Å²) in [6.45, 7) is 6.46. The lowest BCUT2D eigenvalue weighted by atomic mass is 10.3. The maximum absolute atomic E-state index is 12.2. The zero-order chi connectivity index (χ0) is 18.1. The molecule has 0 aliphatic carbocycles. The molecule has 2 rings (SSSR count). The highest BCUT2D eigenvalue weighted by atomic mass is 16.5. The van der Waals surface area contributed by atoms with Gasteiger partial charge in [0, 0.05) is 39.3 Å². The first-order valence-electron chi connectivity index (χ1n) is 8.75. The van der Waals surface area contributed by atoms with Gasteiger partial charge in [-0.3, -0.25) is 4.90 Å². The molecular formula is C18H30N4O3. The molecule has 1 aliphatic heterocycles. The molecule has 140 valence electrons. The van der Waals surface area contributed by atoms with E-state index < -0.39 is 0 Å². The van der Waals surface area contributed by atoms with Crippen LogP contribution in [0.5, 0.6) is 11.5 Å². The summed E-state index contributed by atoms with van der Waals surface area (Å²) in [6.07, 6.45) is 0. The molecule has 1 aliphatic rings. The molecule has 1 aromatic rings. The van der Waals surface area contributed by atoms with E-state index in [1.807, 2.05) is 29.2 Å². The van der Waals surface area contributed by atoms with Gasteiger partial charge in [-0.1, -0.05) is 0 Å². The minimum atomic E-state index is -0.00871. The fraction of sp³-hybridized carbons (Fsp3) is 0.611. The van der Waals surface area contributed by atoms with Gasteiger partial charge in [0.1, 0.15) is 18.1 Å². The van der Waals surface area contributed by atoms with Crippen LogP contribution in [0.15, 0.2) is 24.3 Å². The van der Waals surface area contributed by atoms with Gasteiger partial charge in [0.05, 0.1) is 13.7 Å². The van der Waals surface area contributed by atoms with Gasteiger partial charge in [-0.25, -0.2) is 4.79 Å². The van der Waals surface area contributed by atoms with Crippen molar-refractivity contribution in [3.63, 3.8) is 0 Å². The molecule has 7 heteroatoms. The number of amides is 2. The molecule has 0 bridgehead atoms. The highest BCUT2D eigenvalue weighted by molar-refractivity contribution is 5.74. The average Bonchev–Trinajstić information content (AvgIpc) is 2.64. The third kappa shape index (κ3) is 6.80. The van der Waals surface area contributed by atoms with E-state index in [1.54, 1.807) is 7.11 Å². The molecule has 7 nitrogen and oxygen atoms in total. The van der Waals surface area contributed by atoms with Crippen LogP contribution in [0.4, 0.5) is 4.79 Å². The molecule has 1 heterocycles. The Bertz CT molecular complexity index is 514. The normalized spacial score (nSPS) is 15.3. The second-order valence-corrected chi connectivity index (χ2v) is 6.39. The molecular weight excluding hydrogens is 320 g/mol. The number of rotatable bonds is 8. The van der Waals surface area contributed by atoms with Crippen LogP contribution in [-0.2, 0) is 0 Å². The number of hydrogen-bond donors (Lipinski definition) is 1. The van der Waals surface area contributed by atoms with Crippen molar-refractivity contribution in [1.82, 2.24) is 20.0 Å². The van der Waals surface area contributed by atoms with Crippen molar-refractivity contribution in [2.24, 2.45) is 0 Å². The maximum Gasteiger partial charge on any atom is 0.317 e. The van der Waals surface area contributed by atoms with E-state index in [-0.39, 0.29) is 6.03 Å². The van der Waals surface area contributed by atoms with Gasteiger partial charge in [-0.2, -0.15) is 0 Å². The summed E-state index contributed by atoms with van der Waals surface area (Å²) in [5.41, 5.74) is 0. The largest absolute Gasteiger partial charge is 0.497 e. The summed E-state index contributed by atoms with van der Waals surface area (Å²) in [4.78, 5) is 18.6. The number of hydrogen-bond acceptors (Lipinski definition) is 5. The predicted octanol–water partition coefficient (Wildman–Crippen LogP) is 0.963. The van der Waals surface area contributed by atoms with E-state index in [0.29, 0.717) is 13.2 Å². The number of nitrogens with one attached hydrogen (secondary N) is 1. The number of carbonyl (C=O) groups is 1. The quantitative estimate of drug-likeness (QED) is 0.708. The monoisotopic (exact) mass is 350 g/mol. The maximum atomic E-state index is 12.2. The van der Waals surface area contributed by atoms with Crippen molar-refractivity contribution in [2.45, 2.75) is 0 Å².